The van der Waals surface area contributed by atoms with Gasteiger partial charge in [-0.25, -0.2) is 4.39 Å². The maximum atomic E-state index is 13.7. The van der Waals surface area contributed by atoms with Crippen LogP contribution in [-0.2, 0) is 4.74 Å². The molecular formula is C13H21FN2O. The first kappa shape index (κ1) is 13.9. The smallest absolute Gasteiger partial charge is 0.146 e. The summed E-state index contributed by atoms with van der Waals surface area (Å²) in [4.78, 5) is 1.93. The maximum Gasteiger partial charge on any atom is 0.146 e. The quantitative estimate of drug-likeness (QED) is 0.792. The summed E-state index contributed by atoms with van der Waals surface area (Å²) in [5.41, 5.74) is 6.11. The summed E-state index contributed by atoms with van der Waals surface area (Å²) >= 11 is 0. The lowest BCUT2D eigenvalue weighted by Gasteiger charge is -2.29. The lowest BCUT2D eigenvalue weighted by Crippen LogP contribution is -2.36. The zero-order valence-electron chi connectivity index (χ0n) is 10.5. The zero-order valence-corrected chi connectivity index (χ0v) is 10.5. The number of halogens is 1. The van der Waals surface area contributed by atoms with Crippen molar-refractivity contribution in [3.05, 3.63) is 30.1 Å². The molecule has 96 valence electrons. The van der Waals surface area contributed by atoms with E-state index in [1.807, 2.05) is 18.0 Å². The molecule has 0 spiro atoms. The molecule has 1 aromatic carbocycles. The van der Waals surface area contributed by atoms with Crippen LogP contribution in [0.2, 0.25) is 0 Å². The number of methoxy groups -OCH3 is 1. The van der Waals surface area contributed by atoms with E-state index in [0.29, 0.717) is 18.8 Å². The summed E-state index contributed by atoms with van der Waals surface area (Å²) in [6, 6.07) is 6.93. The molecule has 0 aliphatic heterocycles. The highest BCUT2D eigenvalue weighted by molar-refractivity contribution is 5.47. The van der Waals surface area contributed by atoms with E-state index in [1.165, 1.54) is 6.07 Å². The predicted molar refractivity (Wildman–Crippen MR) is 68.8 cm³/mol. The monoisotopic (exact) mass is 240 g/mol. The Hall–Kier alpha value is -1.13. The Morgan fingerprint density at radius 1 is 1.41 bits per heavy atom. The number of nitrogens with two attached hydrogens (primary N) is 1. The topological polar surface area (TPSA) is 38.5 Å². The molecule has 1 atom stereocenters. The standard InChI is InChI=1S/C13H21FN2O/c1-16(11(10-17-2)6-5-9-15)13-8-4-3-7-12(13)14/h3-4,7-8,11H,5-6,9-10,15H2,1-2H3. The first-order valence-corrected chi connectivity index (χ1v) is 5.87. The number of ether oxygens (including phenoxy) is 1. The van der Waals surface area contributed by atoms with E-state index in [2.05, 4.69) is 0 Å². The maximum absolute atomic E-state index is 13.7. The van der Waals surface area contributed by atoms with Crippen LogP contribution in [0.25, 0.3) is 0 Å². The molecule has 1 unspecified atom stereocenters. The second-order valence-electron chi connectivity index (χ2n) is 4.10. The van der Waals surface area contributed by atoms with Crippen LogP contribution < -0.4 is 10.6 Å². The van der Waals surface area contributed by atoms with Crippen LogP contribution in [0.5, 0.6) is 0 Å². The van der Waals surface area contributed by atoms with Crippen LogP contribution in [0.3, 0.4) is 0 Å². The van der Waals surface area contributed by atoms with Gasteiger partial charge in [-0.15, -0.1) is 0 Å². The summed E-state index contributed by atoms with van der Waals surface area (Å²) in [6.07, 6.45) is 1.81. The molecule has 17 heavy (non-hydrogen) atoms. The largest absolute Gasteiger partial charge is 0.383 e. The van der Waals surface area contributed by atoms with Gasteiger partial charge in [-0.3, -0.25) is 0 Å². The van der Waals surface area contributed by atoms with Crippen molar-refractivity contribution in [1.29, 1.82) is 0 Å². The Morgan fingerprint density at radius 2 is 2.12 bits per heavy atom. The van der Waals surface area contributed by atoms with E-state index in [-0.39, 0.29) is 11.9 Å². The summed E-state index contributed by atoms with van der Waals surface area (Å²) in [5, 5.41) is 0. The molecular weight excluding hydrogens is 219 g/mol. The Bertz CT molecular complexity index is 333. The number of rotatable bonds is 7. The SMILES string of the molecule is COCC(CCCN)N(C)c1ccccc1F. The normalized spacial score (nSPS) is 12.5. The van der Waals surface area contributed by atoms with Gasteiger partial charge in [-0.2, -0.15) is 0 Å². The van der Waals surface area contributed by atoms with Gasteiger partial charge in [0.15, 0.2) is 0 Å². The Labute approximate surface area is 102 Å². The van der Waals surface area contributed by atoms with Gasteiger partial charge < -0.3 is 15.4 Å². The Balaban J connectivity index is 2.76. The summed E-state index contributed by atoms with van der Waals surface area (Å²) in [6.45, 7) is 1.22. The second-order valence-corrected chi connectivity index (χ2v) is 4.10. The Kier molecular flexibility index (Phi) is 5.94. The molecule has 2 N–H and O–H groups in total. The zero-order chi connectivity index (χ0) is 12.7. The van der Waals surface area contributed by atoms with Crippen molar-refractivity contribution in [3.63, 3.8) is 0 Å². The van der Waals surface area contributed by atoms with Gasteiger partial charge in [0.2, 0.25) is 0 Å². The first-order chi connectivity index (χ1) is 8.20. The average Bonchev–Trinajstić information content (AvgIpc) is 2.34. The molecule has 0 heterocycles. The van der Waals surface area contributed by atoms with Crippen LogP contribution >= 0.6 is 0 Å². The van der Waals surface area contributed by atoms with Crippen LogP contribution in [0.4, 0.5) is 10.1 Å². The van der Waals surface area contributed by atoms with E-state index < -0.39 is 0 Å². The lowest BCUT2D eigenvalue weighted by atomic mass is 10.1. The fraction of sp³-hybridized carbons (Fsp3) is 0.538. The van der Waals surface area contributed by atoms with E-state index in [4.69, 9.17) is 10.5 Å². The Morgan fingerprint density at radius 3 is 2.71 bits per heavy atom. The minimum atomic E-state index is -0.205. The summed E-state index contributed by atoms with van der Waals surface area (Å²) < 4.78 is 18.8. The third-order valence-corrected chi connectivity index (χ3v) is 2.88. The van der Waals surface area contributed by atoms with Crippen molar-refractivity contribution in [2.75, 3.05) is 32.2 Å². The third-order valence-electron chi connectivity index (χ3n) is 2.88. The van der Waals surface area contributed by atoms with Crippen molar-refractivity contribution >= 4 is 5.69 Å². The van der Waals surface area contributed by atoms with Gasteiger partial charge in [-0.1, -0.05) is 12.1 Å². The second kappa shape index (κ2) is 7.25. The van der Waals surface area contributed by atoms with Crippen LogP contribution in [0.15, 0.2) is 24.3 Å². The molecule has 0 amide bonds. The molecule has 0 aliphatic rings. The number of anilines is 1. The fourth-order valence-electron chi connectivity index (χ4n) is 1.87. The molecule has 0 saturated carbocycles. The molecule has 0 saturated heterocycles. The molecule has 3 nitrogen and oxygen atoms in total. The van der Waals surface area contributed by atoms with Crippen molar-refractivity contribution in [1.82, 2.24) is 0 Å². The van der Waals surface area contributed by atoms with Crippen LogP contribution in [0.1, 0.15) is 12.8 Å². The highest BCUT2D eigenvalue weighted by Gasteiger charge is 2.17. The highest BCUT2D eigenvalue weighted by atomic mass is 19.1. The van der Waals surface area contributed by atoms with Gasteiger partial charge in [0.05, 0.1) is 18.3 Å². The van der Waals surface area contributed by atoms with Crippen molar-refractivity contribution in [3.8, 4) is 0 Å². The van der Waals surface area contributed by atoms with E-state index in [0.717, 1.165) is 12.8 Å². The van der Waals surface area contributed by atoms with Crippen molar-refractivity contribution in [2.45, 2.75) is 18.9 Å². The molecule has 0 fully saturated rings. The molecule has 4 heteroatoms. The lowest BCUT2D eigenvalue weighted by molar-refractivity contribution is 0.174. The molecule has 1 aromatic rings. The highest BCUT2D eigenvalue weighted by Crippen LogP contribution is 2.21. The van der Waals surface area contributed by atoms with Gasteiger partial charge in [0, 0.05) is 14.2 Å². The van der Waals surface area contributed by atoms with Crippen molar-refractivity contribution < 1.29 is 9.13 Å². The van der Waals surface area contributed by atoms with Crippen LogP contribution in [-0.4, -0.2) is 33.4 Å². The van der Waals surface area contributed by atoms with Gasteiger partial charge in [0.1, 0.15) is 5.82 Å². The number of likely N-dealkylation sites (N-methyl/N-ethyl adjacent to an activating group) is 1. The molecule has 0 radical (unpaired) electrons. The number of nitrogens with zero attached hydrogens (tertiary/aromatic N) is 1. The first-order valence-electron chi connectivity index (χ1n) is 5.87. The minimum absolute atomic E-state index is 0.153. The number of hydrogen-bond donors (Lipinski definition) is 1. The number of benzene rings is 1. The summed E-state index contributed by atoms with van der Waals surface area (Å²) in [5.74, 6) is -0.205. The minimum Gasteiger partial charge on any atom is -0.383 e. The van der Waals surface area contributed by atoms with Crippen molar-refractivity contribution in [2.24, 2.45) is 5.73 Å². The fourth-order valence-corrected chi connectivity index (χ4v) is 1.87. The van der Waals surface area contributed by atoms with Gasteiger partial charge in [0.25, 0.3) is 0 Å². The molecule has 0 aliphatic carbocycles. The van der Waals surface area contributed by atoms with E-state index in [9.17, 15) is 4.39 Å². The van der Waals surface area contributed by atoms with Crippen LogP contribution in [0, 0.1) is 5.82 Å². The van der Waals surface area contributed by atoms with Gasteiger partial charge >= 0.3 is 0 Å². The molecule has 1 rings (SSSR count). The third kappa shape index (κ3) is 3.98. The predicted octanol–water partition coefficient (Wildman–Crippen LogP) is 2.02. The summed E-state index contributed by atoms with van der Waals surface area (Å²) in [7, 11) is 3.54. The van der Waals surface area contributed by atoms with E-state index in [1.54, 1.807) is 19.2 Å². The molecule has 0 bridgehead atoms. The van der Waals surface area contributed by atoms with E-state index >= 15 is 0 Å². The van der Waals surface area contributed by atoms with Gasteiger partial charge in [-0.05, 0) is 31.5 Å². The average molecular weight is 240 g/mol. The number of hydrogen-bond acceptors (Lipinski definition) is 3. The number of para-hydroxylation sites is 1. The molecule has 0 aromatic heterocycles.